The monoisotopic (exact) mass is 316 g/mol. The molecule has 0 aliphatic carbocycles. The molecular formula is C20H16N2S. The van der Waals surface area contributed by atoms with E-state index < -0.39 is 0 Å². The lowest BCUT2D eigenvalue weighted by Crippen LogP contribution is -1.89. The van der Waals surface area contributed by atoms with Gasteiger partial charge in [0.1, 0.15) is 0 Å². The highest BCUT2D eigenvalue weighted by atomic mass is 32.2. The van der Waals surface area contributed by atoms with E-state index in [4.69, 9.17) is 10.7 Å². The van der Waals surface area contributed by atoms with Crippen LogP contribution in [0, 0.1) is 6.92 Å². The summed E-state index contributed by atoms with van der Waals surface area (Å²) in [5, 5.41) is 2.37. The molecule has 0 saturated carbocycles. The Balaban J connectivity index is 1.99. The van der Waals surface area contributed by atoms with Crippen LogP contribution in [-0.2, 0) is 0 Å². The SMILES string of the molecule is Cc1cc(N)ccc1Sc1c2ccccc2nc2ccccc12. The summed E-state index contributed by atoms with van der Waals surface area (Å²) >= 11 is 1.79. The number of pyridine rings is 1. The van der Waals surface area contributed by atoms with Gasteiger partial charge in [0.2, 0.25) is 0 Å². The maximum absolute atomic E-state index is 5.88. The first-order valence-corrected chi connectivity index (χ1v) is 8.35. The third-order valence-electron chi connectivity index (χ3n) is 3.95. The normalized spacial score (nSPS) is 11.2. The summed E-state index contributed by atoms with van der Waals surface area (Å²) in [6.07, 6.45) is 0. The number of aryl methyl sites for hydroxylation is 1. The molecule has 0 bridgehead atoms. The summed E-state index contributed by atoms with van der Waals surface area (Å²) in [4.78, 5) is 7.26. The van der Waals surface area contributed by atoms with Crippen molar-refractivity contribution < 1.29 is 0 Å². The van der Waals surface area contributed by atoms with E-state index in [0.29, 0.717) is 0 Å². The van der Waals surface area contributed by atoms with Crippen LogP contribution in [0.2, 0.25) is 0 Å². The number of hydrogen-bond donors (Lipinski definition) is 1. The lowest BCUT2D eigenvalue weighted by atomic mass is 10.1. The number of hydrogen-bond acceptors (Lipinski definition) is 3. The van der Waals surface area contributed by atoms with E-state index in [1.54, 1.807) is 11.8 Å². The molecule has 0 radical (unpaired) electrons. The average Bonchev–Trinajstić information content (AvgIpc) is 2.56. The molecule has 0 saturated heterocycles. The maximum Gasteiger partial charge on any atom is 0.0721 e. The van der Waals surface area contributed by atoms with Crippen LogP contribution < -0.4 is 5.73 Å². The Morgan fingerprint density at radius 2 is 1.43 bits per heavy atom. The quantitative estimate of drug-likeness (QED) is 0.396. The Hall–Kier alpha value is -2.52. The van der Waals surface area contributed by atoms with Gasteiger partial charge in [-0.3, -0.25) is 0 Å². The maximum atomic E-state index is 5.88. The first-order valence-electron chi connectivity index (χ1n) is 7.54. The second kappa shape index (κ2) is 5.60. The first kappa shape index (κ1) is 14.1. The van der Waals surface area contributed by atoms with E-state index in [1.165, 1.54) is 26.1 Å². The van der Waals surface area contributed by atoms with Gasteiger partial charge in [-0.15, -0.1) is 0 Å². The number of rotatable bonds is 2. The molecule has 1 heterocycles. The van der Waals surface area contributed by atoms with Crippen molar-refractivity contribution in [3.05, 3.63) is 72.3 Å². The van der Waals surface area contributed by atoms with E-state index in [9.17, 15) is 0 Å². The molecule has 112 valence electrons. The summed E-state index contributed by atoms with van der Waals surface area (Å²) in [7, 11) is 0. The molecule has 3 heteroatoms. The van der Waals surface area contributed by atoms with Gasteiger partial charge in [0.25, 0.3) is 0 Å². The molecule has 1 aromatic heterocycles. The molecule has 23 heavy (non-hydrogen) atoms. The highest BCUT2D eigenvalue weighted by molar-refractivity contribution is 7.99. The number of nitrogens with two attached hydrogens (primary N) is 1. The van der Waals surface area contributed by atoms with E-state index >= 15 is 0 Å². The van der Waals surface area contributed by atoms with E-state index in [0.717, 1.165) is 16.7 Å². The second-order valence-electron chi connectivity index (χ2n) is 5.60. The molecule has 2 N–H and O–H groups in total. The summed E-state index contributed by atoms with van der Waals surface area (Å²) in [6, 6.07) is 22.7. The molecule has 0 aliphatic rings. The predicted octanol–water partition coefficient (Wildman–Crippen LogP) is 5.43. The van der Waals surface area contributed by atoms with E-state index in [2.05, 4.69) is 49.4 Å². The van der Waals surface area contributed by atoms with Gasteiger partial charge >= 0.3 is 0 Å². The van der Waals surface area contributed by atoms with Crippen LogP contribution in [0.25, 0.3) is 21.8 Å². The zero-order valence-electron chi connectivity index (χ0n) is 12.8. The number of fused-ring (bicyclic) bond motifs is 2. The number of para-hydroxylation sites is 2. The van der Waals surface area contributed by atoms with Crippen LogP contribution in [0.3, 0.4) is 0 Å². The van der Waals surface area contributed by atoms with Crippen LogP contribution in [0.15, 0.2) is 76.5 Å². The van der Waals surface area contributed by atoms with Crippen LogP contribution in [-0.4, -0.2) is 4.98 Å². The Labute approximate surface area is 139 Å². The van der Waals surface area contributed by atoms with Gasteiger partial charge in [0.05, 0.1) is 11.0 Å². The Kier molecular flexibility index (Phi) is 3.43. The first-order chi connectivity index (χ1) is 11.2. The smallest absolute Gasteiger partial charge is 0.0721 e. The highest BCUT2D eigenvalue weighted by Crippen LogP contribution is 2.39. The third-order valence-corrected chi connectivity index (χ3v) is 5.27. The van der Waals surface area contributed by atoms with Crippen molar-refractivity contribution in [1.82, 2.24) is 4.98 Å². The van der Waals surface area contributed by atoms with Crippen molar-refractivity contribution in [3.8, 4) is 0 Å². The Morgan fingerprint density at radius 3 is 2.04 bits per heavy atom. The molecule has 4 aromatic rings. The summed E-state index contributed by atoms with van der Waals surface area (Å²) in [5.74, 6) is 0. The zero-order chi connectivity index (χ0) is 15.8. The Morgan fingerprint density at radius 1 is 0.826 bits per heavy atom. The van der Waals surface area contributed by atoms with Gasteiger partial charge in [0, 0.05) is 26.3 Å². The fourth-order valence-corrected chi connectivity index (χ4v) is 3.95. The standard InChI is InChI=1S/C20H16N2S/c1-13-12-14(21)10-11-19(13)23-20-15-6-2-4-8-17(15)22-18-9-5-3-7-16(18)20/h2-12H,21H2,1H3. The number of aromatic nitrogens is 1. The van der Waals surface area contributed by atoms with Gasteiger partial charge < -0.3 is 5.73 Å². The average molecular weight is 316 g/mol. The van der Waals surface area contributed by atoms with Crippen LogP contribution in [0.1, 0.15) is 5.56 Å². The molecule has 0 atom stereocenters. The van der Waals surface area contributed by atoms with Crippen LogP contribution >= 0.6 is 11.8 Å². The van der Waals surface area contributed by atoms with Gasteiger partial charge in [-0.25, -0.2) is 4.98 Å². The minimum atomic E-state index is 0.802. The molecule has 2 nitrogen and oxygen atoms in total. The fourth-order valence-electron chi connectivity index (χ4n) is 2.81. The summed E-state index contributed by atoms with van der Waals surface area (Å²) in [6.45, 7) is 2.10. The molecule has 0 spiro atoms. The molecule has 4 rings (SSSR count). The molecule has 0 fully saturated rings. The largest absolute Gasteiger partial charge is 0.399 e. The summed E-state index contributed by atoms with van der Waals surface area (Å²) in [5.41, 5.74) is 9.94. The molecule has 0 unspecified atom stereocenters. The lowest BCUT2D eigenvalue weighted by Gasteiger charge is -2.12. The number of nitrogens with zero attached hydrogens (tertiary/aromatic N) is 1. The zero-order valence-corrected chi connectivity index (χ0v) is 13.6. The lowest BCUT2D eigenvalue weighted by molar-refractivity contribution is 1.30. The van der Waals surface area contributed by atoms with Crippen molar-refractivity contribution in [3.63, 3.8) is 0 Å². The molecule has 0 aliphatic heterocycles. The topological polar surface area (TPSA) is 38.9 Å². The molecule has 0 amide bonds. The van der Waals surface area contributed by atoms with E-state index in [-0.39, 0.29) is 0 Å². The van der Waals surface area contributed by atoms with Crippen molar-refractivity contribution in [2.24, 2.45) is 0 Å². The number of anilines is 1. The third kappa shape index (κ3) is 2.53. The van der Waals surface area contributed by atoms with Crippen LogP contribution in [0.5, 0.6) is 0 Å². The van der Waals surface area contributed by atoms with Crippen molar-refractivity contribution in [1.29, 1.82) is 0 Å². The van der Waals surface area contributed by atoms with Crippen molar-refractivity contribution in [2.75, 3.05) is 5.73 Å². The molecule has 3 aromatic carbocycles. The van der Waals surface area contributed by atoms with Gasteiger partial charge in [0.15, 0.2) is 0 Å². The highest BCUT2D eigenvalue weighted by Gasteiger charge is 2.11. The number of benzene rings is 3. The molecular weight excluding hydrogens is 300 g/mol. The minimum Gasteiger partial charge on any atom is -0.399 e. The second-order valence-corrected chi connectivity index (χ2v) is 6.65. The fraction of sp³-hybridized carbons (Fsp3) is 0.0500. The van der Waals surface area contributed by atoms with Gasteiger partial charge in [-0.1, -0.05) is 48.2 Å². The number of nitrogen functional groups attached to an aromatic ring is 1. The van der Waals surface area contributed by atoms with Crippen molar-refractivity contribution >= 4 is 39.3 Å². The predicted molar refractivity (Wildman–Crippen MR) is 99.0 cm³/mol. The van der Waals surface area contributed by atoms with Crippen molar-refractivity contribution in [2.45, 2.75) is 16.7 Å². The van der Waals surface area contributed by atoms with Gasteiger partial charge in [-0.2, -0.15) is 0 Å². The summed E-state index contributed by atoms with van der Waals surface area (Å²) < 4.78 is 0. The van der Waals surface area contributed by atoms with Crippen LogP contribution in [0.4, 0.5) is 5.69 Å². The Bertz CT molecular complexity index is 970. The van der Waals surface area contributed by atoms with E-state index in [1.807, 2.05) is 24.3 Å². The van der Waals surface area contributed by atoms with Gasteiger partial charge in [-0.05, 0) is 42.8 Å². The minimum absolute atomic E-state index is 0.802.